The highest BCUT2D eigenvalue weighted by atomic mass is 32.2. The number of hydrogen-bond acceptors (Lipinski definition) is 4. The van der Waals surface area contributed by atoms with Crippen molar-refractivity contribution in [2.45, 2.75) is 101 Å². The predicted molar refractivity (Wildman–Crippen MR) is 142 cm³/mol. The van der Waals surface area contributed by atoms with E-state index < -0.39 is 9.84 Å². The normalized spacial score (nSPS) is 11.3. The summed E-state index contributed by atoms with van der Waals surface area (Å²) >= 11 is 0. The number of carbonyl (C=O) groups excluding carboxylic acids is 2. The molecule has 2 amide bonds. The zero-order valence-corrected chi connectivity index (χ0v) is 22.0. The van der Waals surface area contributed by atoms with Gasteiger partial charge in [-0.25, -0.2) is 8.42 Å². The third-order valence-corrected chi connectivity index (χ3v) is 7.73. The summed E-state index contributed by atoms with van der Waals surface area (Å²) in [6, 6.07) is 12.2. The Morgan fingerprint density at radius 1 is 0.629 bits per heavy atom. The topological polar surface area (TPSA) is 92.3 Å². The Hall–Kier alpha value is -2.67. The Balaban J connectivity index is 1.70. The molecule has 0 aromatic heterocycles. The van der Waals surface area contributed by atoms with Crippen molar-refractivity contribution in [1.29, 1.82) is 0 Å². The zero-order valence-electron chi connectivity index (χ0n) is 21.1. The van der Waals surface area contributed by atoms with Gasteiger partial charge in [0.05, 0.1) is 9.79 Å². The molecule has 0 aliphatic rings. The molecule has 35 heavy (non-hydrogen) atoms. The van der Waals surface area contributed by atoms with E-state index in [2.05, 4.69) is 17.6 Å². The maximum atomic E-state index is 12.9. The first-order chi connectivity index (χ1) is 16.8. The van der Waals surface area contributed by atoms with Crippen molar-refractivity contribution >= 4 is 33.0 Å². The second-order valence-corrected chi connectivity index (χ2v) is 11.0. The fraction of sp³-hybridized carbons (Fsp3) is 0.500. The molecule has 2 aromatic carbocycles. The average molecular weight is 501 g/mol. The molecule has 2 rings (SSSR count). The van der Waals surface area contributed by atoms with Gasteiger partial charge in [-0.2, -0.15) is 0 Å². The molecule has 0 atom stereocenters. The third-order valence-electron chi connectivity index (χ3n) is 5.94. The van der Waals surface area contributed by atoms with E-state index >= 15 is 0 Å². The molecule has 192 valence electrons. The molecule has 0 fully saturated rings. The smallest absolute Gasteiger partial charge is 0.224 e. The lowest BCUT2D eigenvalue weighted by Gasteiger charge is -2.09. The number of hydrogen-bond donors (Lipinski definition) is 2. The van der Waals surface area contributed by atoms with Crippen molar-refractivity contribution in [3.05, 3.63) is 48.5 Å². The van der Waals surface area contributed by atoms with Crippen LogP contribution in [0, 0.1) is 0 Å². The van der Waals surface area contributed by atoms with Gasteiger partial charge in [-0.3, -0.25) is 9.59 Å². The largest absolute Gasteiger partial charge is 0.326 e. The van der Waals surface area contributed by atoms with Gasteiger partial charge < -0.3 is 10.6 Å². The van der Waals surface area contributed by atoms with Crippen LogP contribution in [-0.2, 0) is 19.4 Å². The lowest BCUT2D eigenvalue weighted by molar-refractivity contribution is -0.116. The average Bonchev–Trinajstić information content (AvgIpc) is 2.83. The molecule has 0 bridgehead atoms. The molecular weight excluding hydrogens is 460 g/mol. The van der Waals surface area contributed by atoms with Crippen molar-refractivity contribution in [3.8, 4) is 0 Å². The van der Waals surface area contributed by atoms with Crippen molar-refractivity contribution in [3.63, 3.8) is 0 Å². The van der Waals surface area contributed by atoms with Gasteiger partial charge in [0.25, 0.3) is 0 Å². The van der Waals surface area contributed by atoms with Gasteiger partial charge in [-0.05, 0) is 55.0 Å². The molecule has 2 aromatic rings. The number of amides is 2. The highest BCUT2D eigenvalue weighted by molar-refractivity contribution is 7.91. The molecule has 0 radical (unpaired) electrons. The molecule has 2 N–H and O–H groups in total. The Morgan fingerprint density at radius 2 is 1.03 bits per heavy atom. The quantitative estimate of drug-likeness (QED) is 0.240. The SMILES string of the molecule is CCCCCCCCCCCCCC(=O)Nc1ccc(S(=O)(=O)c2ccc(NC(C)=O)cc2)cc1. The minimum absolute atomic E-state index is 0.0508. The maximum Gasteiger partial charge on any atom is 0.224 e. The lowest BCUT2D eigenvalue weighted by atomic mass is 10.1. The van der Waals surface area contributed by atoms with E-state index in [0.717, 1.165) is 12.8 Å². The monoisotopic (exact) mass is 500 g/mol. The number of rotatable bonds is 16. The Morgan fingerprint density at radius 3 is 1.46 bits per heavy atom. The number of anilines is 2. The van der Waals surface area contributed by atoms with Crippen LogP contribution in [0.4, 0.5) is 11.4 Å². The van der Waals surface area contributed by atoms with Crippen molar-refractivity contribution in [1.82, 2.24) is 0 Å². The first-order valence-corrected chi connectivity index (χ1v) is 14.3. The first kappa shape index (κ1) is 28.6. The van der Waals surface area contributed by atoms with Crippen LogP contribution < -0.4 is 10.6 Å². The summed E-state index contributed by atoms with van der Waals surface area (Å²) < 4.78 is 25.7. The fourth-order valence-corrected chi connectivity index (χ4v) is 5.21. The van der Waals surface area contributed by atoms with Gasteiger partial charge in [-0.15, -0.1) is 0 Å². The maximum absolute atomic E-state index is 12.9. The molecule has 0 saturated carbocycles. The summed E-state index contributed by atoms with van der Waals surface area (Å²) in [4.78, 5) is 23.6. The number of nitrogens with one attached hydrogen (secondary N) is 2. The second kappa shape index (κ2) is 15.4. The number of unbranched alkanes of at least 4 members (excludes halogenated alkanes) is 10. The van der Waals surface area contributed by atoms with Crippen molar-refractivity contribution < 1.29 is 18.0 Å². The Labute approximate surface area is 210 Å². The highest BCUT2D eigenvalue weighted by Gasteiger charge is 2.17. The van der Waals surface area contributed by atoms with E-state index in [1.54, 1.807) is 24.3 Å². The predicted octanol–water partition coefficient (Wildman–Crippen LogP) is 7.12. The van der Waals surface area contributed by atoms with Gasteiger partial charge >= 0.3 is 0 Å². The number of benzene rings is 2. The van der Waals surface area contributed by atoms with Gasteiger partial charge in [0.15, 0.2) is 0 Å². The van der Waals surface area contributed by atoms with E-state index in [1.165, 1.54) is 89.0 Å². The number of sulfone groups is 1. The summed E-state index contributed by atoms with van der Waals surface area (Å²) in [6.07, 6.45) is 14.1. The van der Waals surface area contributed by atoms with E-state index in [1.807, 2.05) is 0 Å². The third kappa shape index (κ3) is 10.6. The van der Waals surface area contributed by atoms with Crippen LogP contribution in [0.2, 0.25) is 0 Å². The van der Waals surface area contributed by atoms with E-state index in [4.69, 9.17) is 0 Å². The van der Waals surface area contributed by atoms with E-state index in [0.29, 0.717) is 17.8 Å². The van der Waals surface area contributed by atoms with Crippen molar-refractivity contribution in [2.75, 3.05) is 10.6 Å². The molecule has 0 aliphatic heterocycles. The van der Waals surface area contributed by atoms with E-state index in [-0.39, 0.29) is 21.6 Å². The minimum Gasteiger partial charge on any atom is -0.326 e. The Kier molecular flexibility index (Phi) is 12.5. The first-order valence-electron chi connectivity index (χ1n) is 12.9. The molecule has 6 nitrogen and oxygen atoms in total. The summed E-state index contributed by atoms with van der Waals surface area (Å²) in [6.45, 7) is 3.63. The molecule has 0 heterocycles. The summed E-state index contributed by atoms with van der Waals surface area (Å²) in [5.74, 6) is -0.271. The number of carbonyl (C=O) groups is 2. The van der Waals surface area contributed by atoms with Gasteiger partial charge in [-0.1, -0.05) is 71.1 Å². The summed E-state index contributed by atoms with van der Waals surface area (Å²) in [7, 11) is -3.69. The van der Waals surface area contributed by atoms with Gasteiger partial charge in [0.1, 0.15) is 0 Å². The van der Waals surface area contributed by atoms with Crippen LogP contribution in [0.1, 0.15) is 90.9 Å². The fourth-order valence-electron chi connectivity index (χ4n) is 3.95. The summed E-state index contributed by atoms with van der Waals surface area (Å²) in [5.41, 5.74) is 1.12. The van der Waals surface area contributed by atoms with Gasteiger partial charge in [0.2, 0.25) is 21.7 Å². The Bertz CT molecular complexity index is 1020. The highest BCUT2D eigenvalue weighted by Crippen LogP contribution is 2.24. The van der Waals surface area contributed by atoms with E-state index in [9.17, 15) is 18.0 Å². The molecule has 0 spiro atoms. The van der Waals surface area contributed by atoms with Crippen LogP contribution in [0.15, 0.2) is 58.3 Å². The van der Waals surface area contributed by atoms with Crippen LogP contribution in [0.25, 0.3) is 0 Å². The van der Waals surface area contributed by atoms with Crippen LogP contribution in [0.3, 0.4) is 0 Å². The van der Waals surface area contributed by atoms with Crippen LogP contribution >= 0.6 is 0 Å². The van der Waals surface area contributed by atoms with Gasteiger partial charge in [0, 0.05) is 24.7 Å². The second-order valence-electron chi connectivity index (χ2n) is 9.07. The minimum atomic E-state index is -3.69. The standard InChI is InChI=1S/C28H40N2O4S/c1-3-4-5-6-7-8-9-10-11-12-13-14-28(32)30-25-17-21-27(22-18-25)35(33,34)26-19-15-24(16-20-26)29-23(2)31/h15-22H,3-14H2,1-2H3,(H,29,31)(H,30,32). The molecule has 0 unspecified atom stereocenters. The molecular formula is C28H40N2O4S. The summed E-state index contributed by atoms with van der Waals surface area (Å²) in [5, 5.41) is 5.46. The molecule has 7 heteroatoms. The van der Waals surface area contributed by atoms with Crippen molar-refractivity contribution in [2.24, 2.45) is 0 Å². The van der Waals surface area contributed by atoms with Crippen LogP contribution in [0.5, 0.6) is 0 Å². The molecule has 0 aliphatic carbocycles. The zero-order chi connectivity index (χ0) is 25.5. The lowest BCUT2D eigenvalue weighted by Crippen LogP contribution is -2.11. The molecule has 0 saturated heterocycles. The van der Waals surface area contributed by atoms with Crippen LogP contribution in [-0.4, -0.2) is 20.2 Å².